The third-order valence-electron chi connectivity index (χ3n) is 5.77. The molecule has 2 rings (SSSR count). The maximum atomic E-state index is 12.7. The zero-order valence-electron chi connectivity index (χ0n) is 18.2. The van der Waals surface area contributed by atoms with Crippen molar-refractivity contribution in [2.75, 3.05) is 33.3 Å². The van der Waals surface area contributed by atoms with E-state index in [0.29, 0.717) is 25.2 Å². The van der Waals surface area contributed by atoms with Gasteiger partial charge in [-0.05, 0) is 60.7 Å². The smallest absolute Gasteiger partial charge is 0.251 e. The van der Waals surface area contributed by atoms with Crippen LogP contribution in [0.4, 0.5) is 0 Å². The maximum Gasteiger partial charge on any atom is 0.251 e. The molecule has 1 saturated carbocycles. The average molecular weight is 387 g/mol. The number of amides is 1. The molecule has 1 aromatic rings. The fraction of sp³-hybridized carbons (Fsp3) is 0.625. The molecule has 1 fully saturated rings. The summed E-state index contributed by atoms with van der Waals surface area (Å²) in [4.78, 5) is 15.1. The molecule has 0 heterocycles. The summed E-state index contributed by atoms with van der Waals surface area (Å²) in [5.41, 5.74) is 1.84. The van der Waals surface area contributed by atoms with Crippen molar-refractivity contribution < 1.29 is 9.53 Å². The summed E-state index contributed by atoms with van der Waals surface area (Å²) in [5, 5.41) is 5.11. The molecule has 0 spiro atoms. The van der Waals surface area contributed by atoms with Crippen LogP contribution in [0.1, 0.15) is 62.4 Å². The van der Waals surface area contributed by atoms with Gasteiger partial charge in [0, 0.05) is 25.2 Å². The molecule has 1 aliphatic carbocycles. The lowest BCUT2D eigenvalue weighted by atomic mass is 9.96. The van der Waals surface area contributed by atoms with Crippen molar-refractivity contribution in [2.45, 2.75) is 59.0 Å². The first-order valence-electron chi connectivity index (χ1n) is 10.9. The Labute approximate surface area is 170 Å². The van der Waals surface area contributed by atoms with Gasteiger partial charge >= 0.3 is 0 Å². The number of benzene rings is 1. The second-order valence-corrected chi connectivity index (χ2v) is 8.14. The first-order valence-corrected chi connectivity index (χ1v) is 10.9. The predicted octanol–water partition coefficient (Wildman–Crippen LogP) is 2.72. The monoisotopic (exact) mass is 386 g/mol. The molecule has 1 unspecified atom stereocenters. The molecule has 4 heteroatoms. The molecule has 4 nitrogen and oxygen atoms in total. The van der Waals surface area contributed by atoms with E-state index in [1.54, 1.807) is 0 Å². The summed E-state index contributed by atoms with van der Waals surface area (Å²) in [6.07, 6.45) is 8.20. The second-order valence-electron chi connectivity index (χ2n) is 8.14. The van der Waals surface area contributed by atoms with Crippen LogP contribution in [0.25, 0.3) is 12.7 Å². The molecule has 0 radical (unpaired) electrons. The van der Waals surface area contributed by atoms with Gasteiger partial charge in [0.2, 0.25) is 0 Å². The van der Waals surface area contributed by atoms with E-state index in [9.17, 15) is 4.79 Å². The molecule has 1 N–H and O–H groups in total. The second kappa shape index (κ2) is 11.4. The van der Waals surface area contributed by atoms with Crippen LogP contribution in [-0.2, 0) is 11.2 Å². The molecule has 28 heavy (non-hydrogen) atoms. The third kappa shape index (κ3) is 6.46. The minimum Gasteiger partial charge on any atom is -0.376 e. The minimum absolute atomic E-state index is 0.0170. The zero-order valence-corrected chi connectivity index (χ0v) is 18.2. The van der Waals surface area contributed by atoms with Crippen molar-refractivity contribution in [1.82, 2.24) is 10.2 Å². The van der Waals surface area contributed by atoms with Crippen LogP contribution in [0.3, 0.4) is 0 Å². The minimum atomic E-state index is -0.0170. The molecule has 1 atom stereocenters. The summed E-state index contributed by atoms with van der Waals surface area (Å²) in [7, 11) is 2.15. The van der Waals surface area contributed by atoms with E-state index in [4.69, 9.17) is 4.74 Å². The first kappa shape index (κ1) is 22.6. The van der Waals surface area contributed by atoms with E-state index >= 15 is 0 Å². The van der Waals surface area contributed by atoms with Crippen LogP contribution in [-0.4, -0.2) is 50.2 Å². The van der Waals surface area contributed by atoms with Crippen LogP contribution in [0, 0.1) is 5.92 Å². The van der Waals surface area contributed by atoms with Crippen molar-refractivity contribution in [1.29, 1.82) is 0 Å². The average Bonchev–Trinajstić information content (AvgIpc) is 2.64. The largest absolute Gasteiger partial charge is 0.376 e. The SMILES string of the molecule is C=c1ccc(C(=O)NCCOC2CCC2)c(CC)/c1=C/CN(C)CC(C)CC. The number of hydrogen-bond acceptors (Lipinski definition) is 3. The van der Waals surface area contributed by atoms with Crippen molar-refractivity contribution >= 4 is 18.6 Å². The maximum absolute atomic E-state index is 12.7. The Bertz CT molecular complexity index is 740. The molecule has 1 amide bonds. The molecule has 0 aliphatic heterocycles. The number of nitrogens with zero attached hydrogens (tertiary/aromatic N) is 1. The van der Waals surface area contributed by atoms with E-state index in [0.717, 1.165) is 53.9 Å². The lowest BCUT2D eigenvalue weighted by Gasteiger charge is -2.25. The zero-order chi connectivity index (χ0) is 20.5. The van der Waals surface area contributed by atoms with Crippen molar-refractivity contribution in [3.63, 3.8) is 0 Å². The summed E-state index contributed by atoms with van der Waals surface area (Å²) >= 11 is 0. The molecule has 0 aromatic heterocycles. The summed E-state index contributed by atoms with van der Waals surface area (Å²) in [5.74, 6) is 0.666. The summed E-state index contributed by atoms with van der Waals surface area (Å²) < 4.78 is 5.73. The Hall–Kier alpha value is -1.65. The van der Waals surface area contributed by atoms with Gasteiger partial charge in [-0.3, -0.25) is 4.79 Å². The lowest BCUT2D eigenvalue weighted by Crippen LogP contribution is -2.36. The highest BCUT2D eigenvalue weighted by atomic mass is 16.5. The van der Waals surface area contributed by atoms with E-state index in [1.807, 2.05) is 12.1 Å². The van der Waals surface area contributed by atoms with Crippen LogP contribution >= 0.6 is 0 Å². The number of nitrogens with one attached hydrogen (secondary N) is 1. The van der Waals surface area contributed by atoms with Gasteiger partial charge in [-0.1, -0.05) is 45.9 Å². The standard InChI is InChI=1S/C24H38N2O2/c1-6-18(3)17-26(5)15-13-22-19(4)11-12-23(21(22)7-2)24(27)25-14-16-28-20-9-8-10-20/h11-13,18,20H,4,6-10,14-17H2,1-3,5H3,(H,25,27)/b22-13+. The molecule has 1 aromatic carbocycles. The number of carbonyl (C=O) groups is 1. The van der Waals surface area contributed by atoms with Crippen LogP contribution in [0.5, 0.6) is 0 Å². The van der Waals surface area contributed by atoms with Gasteiger partial charge in [0.25, 0.3) is 5.91 Å². The quantitative estimate of drug-likeness (QED) is 0.595. The summed E-state index contributed by atoms with van der Waals surface area (Å²) in [6.45, 7) is 13.9. The van der Waals surface area contributed by atoms with Gasteiger partial charge in [0.05, 0.1) is 12.7 Å². The van der Waals surface area contributed by atoms with Crippen LogP contribution < -0.4 is 15.8 Å². The van der Waals surface area contributed by atoms with Crippen LogP contribution in [0.15, 0.2) is 12.1 Å². The highest BCUT2D eigenvalue weighted by molar-refractivity contribution is 5.95. The fourth-order valence-corrected chi connectivity index (χ4v) is 3.57. The number of carbonyl (C=O) groups excluding carboxylic acids is 1. The number of hydrogen-bond donors (Lipinski definition) is 1. The molecular formula is C24H38N2O2. The van der Waals surface area contributed by atoms with E-state index in [-0.39, 0.29) is 5.91 Å². The van der Waals surface area contributed by atoms with E-state index in [2.05, 4.69) is 50.7 Å². The van der Waals surface area contributed by atoms with E-state index in [1.165, 1.54) is 12.8 Å². The molecule has 0 saturated heterocycles. The first-order chi connectivity index (χ1) is 13.5. The number of rotatable bonds is 11. The van der Waals surface area contributed by atoms with Gasteiger partial charge in [0.15, 0.2) is 0 Å². The van der Waals surface area contributed by atoms with Crippen molar-refractivity contribution in [3.8, 4) is 0 Å². The van der Waals surface area contributed by atoms with Gasteiger partial charge in [-0.2, -0.15) is 0 Å². The van der Waals surface area contributed by atoms with Crippen molar-refractivity contribution in [3.05, 3.63) is 33.7 Å². The van der Waals surface area contributed by atoms with Gasteiger partial charge in [0.1, 0.15) is 0 Å². The van der Waals surface area contributed by atoms with Crippen LogP contribution in [0.2, 0.25) is 0 Å². The fourth-order valence-electron chi connectivity index (χ4n) is 3.57. The lowest BCUT2D eigenvalue weighted by molar-refractivity contribution is 0.00440. The van der Waals surface area contributed by atoms with Crippen molar-refractivity contribution in [2.24, 2.45) is 5.92 Å². The van der Waals surface area contributed by atoms with Gasteiger partial charge < -0.3 is 15.0 Å². The Morgan fingerprint density at radius 1 is 1.39 bits per heavy atom. The Morgan fingerprint density at radius 3 is 2.75 bits per heavy atom. The topological polar surface area (TPSA) is 41.6 Å². The molecular weight excluding hydrogens is 348 g/mol. The normalized spacial score (nSPS) is 16.2. The molecule has 0 bridgehead atoms. The Morgan fingerprint density at radius 2 is 2.14 bits per heavy atom. The predicted molar refractivity (Wildman–Crippen MR) is 118 cm³/mol. The number of ether oxygens (including phenoxy) is 1. The Kier molecular flexibility index (Phi) is 9.20. The van der Waals surface area contributed by atoms with Gasteiger partial charge in [-0.25, -0.2) is 0 Å². The molecule has 156 valence electrons. The van der Waals surface area contributed by atoms with Gasteiger partial charge in [-0.15, -0.1) is 0 Å². The summed E-state index contributed by atoms with van der Waals surface area (Å²) in [6, 6.07) is 3.86. The highest BCUT2D eigenvalue weighted by Gasteiger charge is 2.17. The third-order valence-corrected chi connectivity index (χ3v) is 5.77. The van der Waals surface area contributed by atoms with E-state index < -0.39 is 0 Å². The Balaban J connectivity index is 2.06. The highest BCUT2D eigenvalue weighted by Crippen LogP contribution is 2.21. The molecule has 1 aliphatic rings.